The van der Waals surface area contributed by atoms with E-state index in [9.17, 15) is 15.3 Å². The second-order valence-electron chi connectivity index (χ2n) is 19.4. The first-order chi connectivity index (χ1) is 33.7. The van der Waals surface area contributed by atoms with Gasteiger partial charge in [-0.25, -0.2) is 0 Å². The Morgan fingerprint density at radius 1 is 0.521 bits per heavy atom. The zero-order valence-corrected chi connectivity index (χ0v) is 43.4. The summed E-state index contributed by atoms with van der Waals surface area (Å²) in [4.78, 5) is 27.3. The number of likely N-dealkylation sites (tertiary alicyclic amines) is 4. The topological polar surface area (TPSA) is 145 Å². The Hall–Kier alpha value is -3.72. The van der Waals surface area contributed by atoms with E-state index < -0.39 is 5.60 Å². The van der Waals surface area contributed by atoms with Crippen molar-refractivity contribution in [3.63, 3.8) is 0 Å². The Morgan fingerprint density at radius 3 is 1.32 bits per heavy atom. The molecule has 73 heavy (non-hydrogen) atoms. The van der Waals surface area contributed by atoms with Crippen LogP contribution in [0.2, 0.25) is 0 Å². The highest BCUT2D eigenvalue weighted by Crippen LogP contribution is 2.32. The van der Waals surface area contributed by atoms with E-state index >= 15 is 0 Å². The van der Waals surface area contributed by atoms with Gasteiger partial charge in [-0.1, -0.05) is 101 Å². The lowest BCUT2D eigenvalue weighted by Crippen LogP contribution is -2.43. The molecule has 4 aliphatic heterocycles. The SMILES string of the molecule is C.C.C.C.CCC(O)CN1CCC(c2ccccn2)CC1.CCCCN1CCC(O)(c2ccccn2)CC1.CCCCN1CCC(c2ccccn2)C(O)C1.CCCCN1CCC(c2ccccn2)CC1.CO. The third kappa shape index (κ3) is 25.1. The summed E-state index contributed by atoms with van der Waals surface area (Å²) < 4.78 is 0. The van der Waals surface area contributed by atoms with Crippen molar-refractivity contribution in [3.05, 3.63) is 120 Å². The molecule has 0 saturated carbocycles. The van der Waals surface area contributed by atoms with Gasteiger partial charge in [0, 0.05) is 92.9 Å². The maximum Gasteiger partial charge on any atom is 0.109 e. The summed E-state index contributed by atoms with van der Waals surface area (Å²) in [5, 5.41) is 37.4. The Morgan fingerprint density at radius 2 is 0.918 bits per heavy atom. The molecule has 0 aliphatic carbocycles. The highest BCUT2D eigenvalue weighted by atomic mass is 16.3. The lowest BCUT2D eigenvalue weighted by Gasteiger charge is -2.37. The molecule has 4 aromatic rings. The fourth-order valence-corrected chi connectivity index (χ4v) is 9.85. The molecule has 8 rings (SSSR count). The van der Waals surface area contributed by atoms with Crippen LogP contribution in [0.4, 0.5) is 0 Å². The number of aromatic nitrogens is 4. The largest absolute Gasteiger partial charge is 0.400 e. The molecule has 12 heteroatoms. The third-order valence-electron chi connectivity index (χ3n) is 14.4. The zero-order valence-electron chi connectivity index (χ0n) is 43.4. The Labute approximate surface area is 447 Å². The normalized spacial score (nSPS) is 19.7. The number of nitrogens with zero attached hydrogens (tertiary/aromatic N) is 8. The second kappa shape index (κ2) is 40.6. The van der Waals surface area contributed by atoms with Crippen molar-refractivity contribution in [1.29, 1.82) is 0 Å². The molecule has 4 fully saturated rings. The first kappa shape index (κ1) is 69.3. The molecule has 0 bridgehead atoms. The zero-order chi connectivity index (χ0) is 49.5. The summed E-state index contributed by atoms with van der Waals surface area (Å²) in [7, 11) is 1.00. The fourth-order valence-electron chi connectivity index (χ4n) is 9.85. The van der Waals surface area contributed by atoms with Crippen molar-refractivity contribution in [1.82, 2.24) is 39.5 Å². The number of unbranched alkanes of at least 4 members (excludes halogenated alkanes) is 3. The number of hydrogen-bond acceptors (Lipinski definition) is 12. The highest BCUT2D eigenvalue weighted by Gasteiger charge is 2.35. The number of β-amino-alcohol motifs (C(OH)–C–C–N with tert-alkyl or cyclic N) is 2. The number of pyridine rings is 4. The standard InChI is InChI=1S/3C14H22N2O.C14H22N2.CH4O.4CH4/c1-2-13(17)11-16-9-6-12(7-10-16)14-5-3-4-8-15-14;1-2-3-10-16-11-7-14(17,8-12-16)13-6-4-5-9-15-13;1-2-3-9-16-10-7-12(14(17)11-16)13-6-4-5-8-15-13;1-2-3-10-16-11-7-13(8-12-16)14-6-4-5-9-15-14;1-2;;;;/h3-5,8,12-13,17H,2,6-7,9-11H2,1H3;4-6,9,17H,2-3,7-8,10-12H2,1H3;4-6,8,12,14,17H,2-3,7,9-11H2,1H3;4-6,9,13H,2-3,7-8,10-12H2,1H3;2H,1H3;4*1H4. The summed E-state index contributed by atoms with van der Waals surface area (Å²) >= 11 is 0. The minimum Gasteiger partial charge on any atom is -0.400 e. The molecule has 0 amide bonds. The lowest BCUT2D eigenvalue weighted by molar-refractivity contribution is -0.0294. The maximum atomic E-state index is 10.6. The van der Waals surface area contributed by atoms with Crippen LogP contribution in [-0.2, 0) is 5.60 Å². The predicted molar refractivity (Wildman–Crippen MR) is 309 cm³/mol. The number of aliphatic hydroxyl groups is 4. The molecule has 12 nitrogen and oxygen atoms in total. The van der Waals surface area contributed by atoms with Gasteiger partial charge in [0.2, 0.25) is 0 Å². The van der Waals surface area contributed by atoms with Gasteiger partial charge in [-0.2, -0.15) is 0 Å². The lowest BCUT2D eigenvalue weighted by atomic mass is 9.87. The number of rotatable bonds is 16. The summed E-state index contributed by atoms with van der Waals surface area (Å²) in [6.45, 7) is 21.6. The van der Waals surface area contributed by atoms with Gasteiger partial charge in [0.05, 0.1) is 17.9 Å². The van der Waals surface area contributed by atoms with E-state index in [4.69, 9.17) is 5.11 Å². The monoisotopic (exact) mass is 1020 g/mol. The molecular formula is C61H108N8O4. The molecule has 0 spiro atoms. The molecule has 8 heterocycles. The van der Waals surface area contributed by atoms with Crippen LogP contribution < -0.4 is 0 Å². The Balaban J connectivity index is 0.000000919. The maximum absolute atomic E-state index is 10.6. The first-order valence-corrected chi connectivity index (χ1v) is 26.8. The van der Waals surface area contributed by atoms with E-state index in [2.05, 4.69) is 84.6 Å². The van der Waals surface area contributed by atoms with Gasteiger partial charge in [0.15, 0.2) is 0 Å². The van der Waals surface area contributed by atoms with Crippen LogP contribution in [0, 0.1) is 0 Å². The predicted octanol–water partition coefficient (Wildman–Crippen LogP) is 11.4. The molecule has 0 aromatic carbocycles. The van der Waals surface area contributed by atoms with Crippen LogP contribution in [0.25, 0.3) is 0 Å². The van der Waals surface area contributed by atoms with E-state index in [1.54, 1.807) is 6.20 Å². The van der Waals surface area contributed by atoms with Crippen molar-refractivity contribution >= 4 is 0 Å². The quantitative estimate of drug-likeness (QED) is 0.0848. The van der Waals surface area contributed by atoms with Crippen molar-refractivity contribution in [2.45, 2.75) is 183 Å². The van der Waals surface area contributed by atoms with Crippen LogP contribution in [-0.4, -0.2) is 158 Å². The van der Waals surface area contributed by atoms with Crippen LogP contribution in [0.5, 0.6) is 0 Å². The Bertz CT molecular complexity index is 1810. The van der Waals surface area contributed by atoms with Gasteiger partial charge in [-0.05, 0) is 172 Å². The molecule has 4 aromatic heterocycles. The molecule has 4 aliphatic rings. The van der Waals surface area contributed by atoms with Gasteiger partial charge in [0.25, 0.3) is 0 Å². The molecule has 3 atom stereocenters. The van der Waals surface area contributed by atoms with E-state index in [-0.39, 0.29) is 47.8 Å². The highest BCUT2D eigenvalue weighted by molar-refractivity contribution is 5.15. The fraction of sp³-hybridized carbons (Fsp3) is 0.672. The summed E-state index contributed by atoms with van der Waals surface area (Å²) in [6.07, 6.45) is 22.8. The van der Waals surface area contributed by atoms with Crippen molar-refractivity contribution in [2.75, 3.05) is 85.6 Å². The van der Waals surface area contributed by atoms with Crippen LogP contribution in [0.15, 0.2) is 97.6 Å². The minimum absolute atomic E-state index is 0. The average Bonchev–Trinajstić information content (AvgIpc) is 3.42. The molecule has 416 valence electrons. The first-order valence-electron chi connectivity index (χ1n) is 26.8. The van der Waals surface area contributed by atoms with E-state index in [1.165, 1.54) is 82.4 Å². The molecule has 4 saturated heterocycles. The van der Waals surface area contributed by atoms with Crippen molar-refractivity contribution in [2.24, 2.45) is 0 Å². The summed E-state index contributed by atoms with van der Waals surface area (Å²) in [5.74, 6) is 1.51. The van der Waals surface area contributed by atoms with Crippen LogP contribution in [0.3, 0.4) is 0 Å². The number of piperidine rings is 4. The van der Waals surface area contributed by atoms with Gasteiger partial charge < -0.3 is 40.0 Å². The average molecular weight is 1020 g/mol. The summed E-state index contributed by atoms with van der Waals surface area (Å²) in [5.41, 5.74) is 3.68. The molecule has 4 N–H and O–H groups in total. The number of aliphatic hydroxyl groups excluding tert-OH is 3. The van der Waals surface area contributed by atoms with E-state index in [1.807, 2.05) is 74.0 Å². The second-order valence-corrected chi connectivity index (χ2v) is 19.4. The van der Waals surface area contributed by atoms with E-state index in [0.717, 1.165) is 116 Å². The van der Waals surface area contributed by atoms with Crippen LogP contribution >= 0.6 is 0 Å². The van der Waals surface area contributed by atoms with E-state index in [0.29, 0.717) is 11.8 Å². The molecule has 3 unspecified atom stereocenters. The van der Waals surface area contributed by atoms with Crippen molar-refractivity contribution in [3.8, 4) is 0 Å². The van der Waals surface area contributed by atoms with Gasteiger partial charge >= 0.3 is 0 Å². The van der Waals surface area contributed by atoms with Gasteiger partial charge in [-0.3, -0.25) is 19.9 Å². The van der Waals surface area contributed by atoms with Crippen molar-refractivity contribution < 1.29 is 20.4 Å². The van der Waals surface area contributed by atoms with Gasteiger partial charge in [-0.15, -0.1) is 0 Å². The minimum atomic E-state index is -0.704. The molecular weight excluding hydrogens is 909 g/mol. The Kier molecular flexibility index (Phi) is 38.5. The number of hydrogen-bond donors (Lipinski definition) is 4. The third-order valence-corrected chi connectivity index (χ3v) is 14.4. The molecule has 0 radical (unpaired) electrons. The smallest absolute Gasteiger partial charge is 0.109 e. The van der Waals surface area contributed by atoms with Gasteiger partial charge in [0.1, 0.15) is 5.60 Å². The summed E-state index contributed by atoms with van der Waals surface area (Å²) in [6, 6.07) is 24.2. The van der Waals surface area contributed by atoms with Crippen LogP contribution in [0.1, 0.15) is 188 Å².